The second kappa shape index (κ2) is 5.41. The van der Waals surface area contributed by atoms with Crippen LogP contribution in [0.4, 0.5) is 21.3 Å². The smallest absolute Gasteiger partial charge is 0.325 e. The predicted molar refractivity (Wildman–Crippen MR) is 87.9 cm³/mol. The van der Waals surface area contributed by atoms with Crippen LogP contribution in [0.3, 0.4) is 0 Å². The molecule has 0 radical (unpaired) electrons. The Kier molecular flexibility index (Phi) is 3.45. The highest BCUT2D eigenvalue weighted by molar-refractivity contribution is 7.22. The summed E-state index contributed by atoms with van der Waals surface area (Å²) < 4.78 is 0.945. The first kappa shape index (κ1) is 13.4. The number of amides is 2. The molecular formula is C15H14N4OS. The SMILES string of the molecule is Cc1cccc(NC(=O)Nc2nc3ccc(N)cc3s2)c1. The van der Waals surface area contributed by atoms with Crippen molar-refractivity contribution in [3.8, 4) is 0 Å². The van der Waals surface area contributed by atoms with Crippen LogP contribution >= 0.6 is 11.3 Å². The van der Waals surface area contributed by atoms with E-state index in [-0.39, 0.29) is 6.03 Å². The average Bonchev–Trinajstić information content (AvgIpc) is 2.79. The molecule has 5 nitrogen and oxygen atoms in total. The van der Waals surface area contributed by atoms with Crippen LogP contribution in [0.2, 0.25) is 0 Å². The van der Waals surface area contributed by atoms with E-state index >= 15 is 0 Å². The van der Waals surface area contributed by atoms with Crippen LogP contribution in [-0.4, -0.2) is 11.0 Å². The summed E-state index contributed by atoms with van der Waals surface area (Å²) in [6, 6.07) is 12.8. The molecule has 1 heterocycles. The van der Waals surface area contributed by atoms with Crippen LogP contribution in [-0.2, 0) is 0 Å². The lowest BCUT2D eigenvalue weighted by molar-refractivity contribution is 0.262. The van der Waals surface area contributed by atoms with Gasteiger partial charge in [0.15, 0.2) is 5.13 Å². The zero-order chi connectivity index (χ0) is 14.8. The molecule has 0 spiro atoms. The van der Waals surface area contributed by atoms with Crippen molar-refractivity contribution in [1.29, 1.82) is 0 Å². The molecule has 2 aromatic carbocycles. The topological polar surface area (TPSA) is 80.0 Å². The summed E-state index contributed by atoms with van der Waals surface area (Å²) in [5.74, 6) is 0. The minimum Gasteiger partial charge on any atom is -0.399 e. The highest BCUT2D eigenvalue weighted by atomic mass is 32.1. The fraction of sp³-hybridized carbons (Fsp3) is 0.0667. The number of thiazole rings is 1. The van der Waals surface area contributed by atoms with Gasteiger partial charge in [-0.2, -0.15) is 0 Å². The van der Waals surface area contributed by atoms with Gasteiger partial charge in [0.25, 0.3) is 0 Å². The number of rotatable bonds is 2. The van der Waals surface area contributed by atoms with E-state index < -0.39 is 0 Å². The van der Waals surface area contributed by atoms with Gasteiger partial charge in [-0.05, 0) is 42.8 Å². The molecule has 0 bridgehead atoms. The Bertz CT molecular complexity index is 812. The monoisotopic (exact) mass is 298 g/mol. The molecule has 0 saturated heterocycles. The summed E-state index contributed by atoms with van der Waals surface area (Å²) in [5, 5.41) is 6.06. The number of carbonyl (C=O) groups excluding carboxylic acids is 1. The molecule has 3 aromatic rings. The third-order valence-corrected chi connectivity index (χ3v) is 3.84. The minimum atomic E-state index is -0.312. The van der Waals surface area contributed by atoms with Crippen molar-refractivity contribution in [2.24, 2.45) is 0 Å². The number of hydrogen-bond donors (Lipinski definition) is 3. The fourth-order valence-electron chi connectivity index (χ4n) is 1.98. The van der Waals surface area contributed by atoms with Crippen molar-refractivity contribution < 1.29 is 4.79 Å². The van der Waals surface area contributed by atoms with Crippen molar-refractivity contribution in [3.63, 3.8) is 0 Å². The largest absolute Gasteiger partial charge is 0.399 e. The lowest BCUT2D eigenvalue weighted by Crippen LogP contribution is -2.19. The van der Waals surface area contributed by atoms with Crippen molar-refractivity contribution in [2.75, 3.05) is 16.4 Å². The first-order chi connectivity index (χ1) is 10.1. The maximum Gasteiger partial charge on any atom is 0.325 e. The maximum atomic E-state index is 12.0. The molecular weight excluding hydrogens is 284 g/mol. The summed E-state index contributed by atoms with van der Waals surface area (Å²) >= 11 is 1.39. The van der Waals surface area contributed by atoms with E-state index in [0.29, 0.717) is 10.8 Å². The van der Waals surface area contributed by atoms with Crippen molar-refractivity contribution >= 4 is 44.1 Å². The number of hydrogen-bond acceptors (Lipinski definition) is 4. The quantitative estimate of drug-likeness (QED) is 0.629. The van der Waals surface area contributed by atoms with Gasteiger partial charge in [-0.1, -0.05) is 23.5 Å². The van der Waals surface area contributed by atoms with Gasteiger partial charge in [0.05, 0.1) is 10.2 Å². The van der Waals surface area contributed by atoms with Gasteiger partial charge in [-0.15, -0.1) is 0 Å². The molecule has 0 atom stereocenters. The number of carbonyl (C=O) groups is 1. The fourth-order valence-corrected chi connectivity index (χ4v) is 2.89. The number of nitrogens with zero attached hydrogens (tertiary/aromatic N) is 1. The van der Waals surface area contributed by atoms with Crippen LogP contribution in [0.1, 0.15) is 5.56 Å². The molecule has 3 rings (SSSR count). The molecule has 21 heavy (non-hydrogen) atoms. The number of nitrogen functional groups attached to an aromatic ring is 1. The summed E-state index contributed by atoms with van der Waals surface area (Å²) in [6.07, 6.45) is 0. The van der Waals surface area contributed by atoms with Gasteiger partial charge in [0.2, 0.25) is 0 Å². The Hall–Kier alpha value is -2.60. The zero-order valence-electron chi connectivity index (χ0n) is 11.4. The maximum absolute atomic E-state index is 12.0. The first-order valence-electron chi connectivity index (χ1n) is 6.41. The molecule has 0 fully saturated rings. The summed E-state index contributed by atoms with van der Waals surface area (Å²) in [4.78, 5) is 16.3. The Morgan fingerprint density at radius 3 is 2.86 bits per heavy atom. The molecule has 0 aliphatic carbocycles. The van der Waals surface area contributed by atoms with Crippen LogP contribution in [0.25, 0.3) is 10.2 Å². The second-order valence-electron chi connectivity index (χ2n) is 4.69. The molecule has 4 N–H and O–H groups in total. The van der Waals surface area contributed by atoms with Gasteiger partial charge in [0.1, 0.15) is 0 Å². The van der Waals surface area contributed by atoms with Gasteiger partial charge in [0, 0.05) is 11.4 Å². The summed E-state index contributed by atoms with van der Waals surface area (Å²) in [6.45, 7) is 1.97. The Morgan fingerprint density at radius 2 is 2.05 bits per heavy atom. The number of urea groups is 1. The minimum absolute atomic E-state index is 0.312. The van der Waals surface area contributed by atoms with E-state index in [1.807, 2.05) is 43.3 Å². The van der Waals surface area contributed by atoms with Gasteiger partial charge < -0.3 is 11.1 Å². The van der Waals surface area contributed by atoms with Crippen molar-refractivity contribution in [1.82, 2.24) is 4.98 Å². The number of nitrogens with one attached hydrogen (secondary N) is 2. The molecule has 6 heteroatoms. The molecule has 2 amide bonds. The first-order valence-corrected chi connectivity index (χ1v) is 7.22. The van der Waals surface area contributed by atoms with E-state index in [2.05, 4.69) is 15.6 Å². The number of anilines is 3. The molecule has 0 aliphatic heterocycles. The summed E-state index contributed by atoms with van der Waals surface area (Å²) in [5.41, 5.74) is 9.07. The molecule has 0 saturated carbocycles. The Balaban J connectivity index is 1.74. The zero-order valence-corrected chi connectivity index (χ0v) is 12.2. The predicted octanol–water partition coefficient (Wildman–Crippen LogP) is 3.83. The average molecular weight is 298 g/mol. The Labute approximate surface area is 125 Å². The third kappa shape index (κ3) is 3.11. The molecule has 106 valence electrons. The molecule has 0 unspecified atom stereocenters. The highest BCUT2D eigenvalue weighted by Crippen LogP contribution is 2.27. The van der Waals surface area contributed by atoms with Crippen LogP contribution in [0.5, 0.6) is 0 Å². The molecule has 0 aliphatic rings. The standard InChI is InChI=1S/C15H14N4OS/c1-9-3-2-4-11(7-9)17-14(20)19-15-18-12-6-5-10(16)8-13(12)21-15/h2-8H,16H2,1H3,(H2,17,18,19,20). The van der Waals surface area contributed by atoms with Crippen molar-refractivity contribution in [3.05, 3.63) is 48.0 Å². The van der Waals surface area contributed by atoms with E-state index in [9.17, 15) is 4.79 Å². The Morgan fingerprint density at radius 1 is 1.19 bits per heavy atom. The van der Waals surface area contributed by atoms with Gasteiger partial charge >= 0.3 is 6.03 Å². The number of nitrogens with two attached hydrogens (primary N) is 1. The summed E-state index contributed by atoms with van der Waals surface area (Å²) in [7, 11) is 0. The highest BCUT2D eigenvalue weighted by Gasteiger charge is 2.08. The van der Waals surface area contributed by atoms with Crippen LogP contribution in [0.15, 0.2) is 42.5 Å². The lowest BCUT2D eigenvalue weighted by Gasteiger charge is -2.05. The normalized spacial score (nSPS) is 10.5. The van der Waals surface area contributed by atoms with Gasteiger partial charge in [-0.3, -0.25) is 5.32 Å². The number of aryl methyl sites for hydroxylation is 1. The third-order valence-electron chi connectivity index (χ3n) is 2.91. The number of benzene rings is 2. The second-order valence-corrected chi connectivity index (χ2v) is 5.73. The van der Waals surface area contributed by atoms with Crippen LogP contribution < -0.4 is 16.4 Å². The number of fused-ring (bicyclic) bond motifs is 1. The van der Waals surface area contributed by atoms with E-state index in [0.717, 1.165) is 21.5 Å². The molecule has 1 aromatic heterocycles. The van der Waals surface area contributed by atoms with E-state index in [1.165, 1.54) is 11.3 Å². The van der Waals surface area contributed by atoms with E-state index in [1.54, 1.807) is 6.07 Å². The van der Waals surface area contributed by atoms with Crippen molar-refractivity contribution in [2.45, 2.75) is 6.92 Å². The number of aromatic nitrogens is 1. The van der Waals surface area contributed by atoms with E-state index in [4.69, 9.17) is 5.73 Å². The lowest BCUT2D eigenvalue weighted by atomic mass is 10.2. The van der Waals surface area contributed by atoms with Crippen LogP contribution in [0, 0.1) is 6.92 Å². The van der Waals surface area contributed by atoms with Gasteiger partial charge in [-0.25, -0.2) is 9.78 Å².